The van der Waals surface area contributed by atoms with Crippen LogP contribution in [-0.4, -0.2) is 25.2 Å². The second-order valence-corrected chi connectivity index (χ2v) is 8.82. The number of amides is 1. The first-order valence-electron chi connectivity index (χ1n) is 10.8. The smallest absolute Gasteiger partial charge is 0.264 e. The van der Waals surface area contributed by atoms with E-state index in [1.54, 1.807) is 42.1 Å². The van der Waals surface area contributed by atoms with Crippen LogP contribution in [-0.2, 0) is 16.9 Å². The molecule has 1 N–H and O–H groups in total. The minimum Gasteiger partial charge on any atom is -0.457 e. The third-order valence-corrected chi connectivity index (χ3v) is 5.19. The van der Waals surface area contributed by atoms with Crippen molar-refractivity contribution in [2.45, 2.75) is 46.2 Å². The van der Waals surface area contributed by atoms with E-state index in [-0.39, 0.29) is 30.0 Å². The largest absolute Gasteiger partial charge is 0.457 e. The van der Waals surface area contributed by atoms with Gasteiger partial charge >= 0.3 is 0 Å². The third kappa shape index (κ3) is 4.95. The van der Waals surface area contributed by atoms with E-state index in [1.165, 1.54) is 4.57 Å². The minimum atomic E-state index is -0.290. The lowest BCUT2D eigenvalue weighted by Crippen LogP contribution is -2.28. The van der Waals surface area contributed by atoms with Crippen LogP contribution in [0.1, 0.15) is 33.0 Å². The van der Waals surface area contributed by atoms with Gasteiger partial charge in [-0.05, 0) is 64.1 Å². The molecule has 0 saturated carbocycles. The molecule has 0 saturated heterocycles. The van der Waals surface area contributed by atoms with E-state index in [2.05, 4.69) is 15.4 Å². The molecule has 0 aliphatic heterocycles. The molecule has 4 aromatic rings. The zero-order valence-corrected chi connectivity index (χ0v) is 19.2. The van der Waals surface area contributed by atoms with Gasteiger partial charge in [0.25, 0.3) is 5.56 Å². The number of rotatable bonds is 6. The molecule has 0 aliphatic rings. The number of para-hydroxylation sites is 1. The summed E-state index contributed by atoms with van der Waals surface area (Å²) in [5.41, 5.74) is 0.734. The van der Waals surface area contributed by atoms with Crippen LogP contribution in [0.4, 0.5) is 5.69 Å². The number of carbonyl (C=O) groups is 1. The number of ether oxygens (including phenoxy) is 1. The van der Waals surface area contributed by atoms with E-state index in [0.717, 1.165) is 5.75 Å². The highest BCUT2D eigenvalue weighted by atomic mass is 16.5. The highest BCUT2D eigenvalue weighted by Crippen LogP contribution is 2.23. The van der Waals surface area contributed by atoms with Gasteiger partial charge in [0.2, 0.25) is 5.91 Å². The Hall–Kier alpha value is -3.94. The molecule has 0 spiro atoms. The molecule has 0 atom stereocenters. The van der Waals surface area contributed by atoms with Crippen LogP contribution >= 0.6 is 0 Å². The van der Waals surface area contributed by atoms with Gasteiger partial charge in [-0.2, -0.15) is 5.10 Å². The van der Waals surface area contributed by atoms with E-state index in [4.69, 9.17) is 4.74 Å². The summed E-state index contributed by atoms with van der Waals surface area (Å²) in [6.45, 7) is 8.02. The van der Waals surface area contributed by atoms with Crippen LogP contribution in [0, 0.1) is 6.92 Å². The summed E-state index contributed by atoms with van der Waals surface area (Å²) in [6.07, 6.45) is 1.69. The van der Waals surface area contributed by atoms with Crippen molar-refractivity contribution in [3.63, 3.8) is 0 Å². The van der Waals surface area contributed by atoms with Crippen molar-refractivity contribution < 1.29 is 9.53 Å². The Labute approximate surface area is 191 Å². The molecular weight excluding hydrogens is 418 g/mol. The molecule has 4 rings (SSSR count). The quantitative estimate of drug-likeness (QED) is 0.473. The molecule has 0 bridgehead atoms. The van der Waals surface area contributed by atoms with Gasteiger partial charge < -0.3 is 10.1 Å². The van der Waals surface area contributed by atoms with Gasteiger partial charge in [-0.25, -0.2) is 9.67 Å². The normalized spacial score (nSPS) is 11.5. The molecular formula is C25H27N5O3. The van der Waals surface area contributed by atoms with Crippen molar-refractivity contribution in [2.75, 3.05) is 5.32 Å². The highest BCUT2D eigenvalue weighted by molar-refractivity contribution is 5.90. The number of anilines is 1. The SMILES string of the molecule is Cc1nc2c(cnn2C(C)(C)C)c(=O)n1CCC(=O)Nc1ccc(Oc2ccccc2)cc1. The predicted octanol–water partition coefficient (Wildman–Crippen LogP) is 4.48. The second kappa shape index (κ2) is 8.90. The lowest BCUT2D eigenvalue weighted by atomic mass is 10.1. The predicted molar refractivity (Wildman–Crippen MR) is 128 cm³/mol. The van der Waals surface area contributed by atoms with Gasteiger partial charge in [0.1, 0.15) is 22.7 Å². The summed E-state index contributed by atoms with van der Waals surface area (Å²) in [5, 5.41) is 7.65. The van der Waals surface area contributed by atoms with Crippen molar-refractivity contribution in [1.29, 1.82) is 0 Å². The molecule has 8 heteroatoms. The van der Waals surface area contributed by atoms with Crippen LogP contribution in [0.3, 0.4) is 0 Å². The Morgan fingerprint density at radius 3 is 2.36 bits per heavy atom. The van der Waals surface area contributed by atoms with Gasteiger partial charge in [0, 0.05) is 18.7 Å². The summed E-state index contributed by atoms with van der Waals surface area (Å²) in [7, 11) is 0. The Kier molecular flexibility index (Phi) is 6.00. The zero-order valence-electron chi connectivity index (χ0n) is 19.2. The second-order valence-electron chi connectivity index (χ2n) is 8.82. The molecule has 0 radical (unpaired) electrons. The summed E-state index contributed by atoms with van der Waals surface area (Å²) in [6, 6.07) is 16.6. The Balaban J connectivity index is 1.41. The number of nitrogens with one attached hydrogen (secondary N) is 1. The molecule has 1 amide bonds. The summed E-state index contributed by atoms with van der Waals surface area (Å²) < 4.78 is 9.03. The fraction of sp³-hybridized carbons (Fsp3) is 0.280. The van der Waals surface area contributed by atoms with Gasteiger partial charge in [-0.15, -0.1) is 0 Å². The Morgan fingerprint density at radius 2 is 1.70 bits per heavy atom. The summed E-state index contributed by atoms with van der Waals surface area (Å²) >= 11 is 0. The lowest BCUT2D eigenvalue weighted by Gasteiger charge is -2.20. The van der Waals surface area contributed by atoms with E-state index in [1.807, 2.05) is 51.1 Å². The first kappa shape index (κ1) is 22.3. The molecule has 2 heterocycles. The zero-order chi connectivity index (χ0) is 23.6. The molecule has 2 aromatic heterocycles. The lowest BCUT2D eigenvalue weighted by molar-refractivity contribution is -0.116. The van der Waals surface area contributed by atoms with Crippen molar-refractivity contribution in [3.05, 3.63) is 77.0 Å². The third-order valence-electron chi connectivity index (χ3n) is 5.19. The molecule has 0 unspecified atom stereocenters. The maximum absolute atomic E-state index is 13.0. The monoisotopic (exact) mass is 445 g/mol. The molecule has 8 nitrogen and oxygen atoms in total. The molecule has 170 valence electrons. The number of aromatic nitrogens is 4. The van der Waals surface area contributed by atoms with E-state index < -0.39 is 0 Å². The van der Waals surface area contributed by atoms with Gasteiger partial charge in [-0.1, -0.05) is 18.2 Å². The maximum Gasteiger partial charge on any atom is 0.264 e. The standard InChI is InChI=1S/C25H27N5O3/c1-17-27-23-21(16-26-30(23)25(2,3)4)24(32)29(17)15-14-22(31)28-18-10-12-20(13-11-18)33-19-8-6-5-7-9-19/h5-13,16H,14-15H2,1-4H3,(H,28,31). The summed E-state index contributed by atoms with van der Waals surface area (Å²) in [4.78, 5) is 30.0. The number of benzene rings is 2. The van der Waals surface area contributed by atoms with Crippen molar-refractivity contribution in [3.8, 4) is 11.5 Å². The fourth-order valence-electron chi connectivity index (χ4n) is 3.53. The average Bonchev–Trinajstić information content (AvgIpc) is 3.20. The van der Waals surface area contributed by atoms with E-state index >= 15 is 0 Å². The number of carbonyl (C=O) groups excluding carboxylic acids is 1. The van der Waals surface area contributed by atoms with Gasteiger partial charge in [0.15, 0.2) is 5.65 Å². The number of hydrogen-bond donors (Lipinski definition) is 1. The van der Waals surface area contributed by atoms with Gasteiger partial charge in [-0.3, -0.25) is 14.2 Å². The number of nitrogens with zero attached hydrogens (tertiary/aromatic N) is 4. The maximum atomic E-state index is 13.0. The number of aryl methyl sites for hydroxylation is 1. The van der Waals surface area contributed by atoms with Crippen LogP contribution < -0.4 is 15.6 Å². The number of fused-ring (bicyclic) bond motifs is 1. The van der Waals surface area contributed by atoms with E-state index in [9.17, 15) is 9.59 Å². The van der Waals surface area contributed by atoms with Crippen molar-refractivity contribution in [1.82, 2.24) is 19.3 Å². The first-order valence-corrected chi connectivity index (χ1v) is 10.8. The molecule has 0 aliphatic carbocycles. The Morgan fingerprint density at radius 1 is 1.03 bits per heavy atom. The van der Waals surface area contributed by atoms with Crippen molar-refractivity contribution >= 4 is 22.6 Å². The van der Waals surface area contributed by atoms with Crippen LogP contribution in [0.25, 0.3) is 11.0 Å². The van der Waals surface area contributed by atoms with E-state index in [0.29, 0.717) is 28.3 Å². The average molecular weight is 446 g/mol. The first-order chi connectivity index (χ1) is 15.7. The van der Waals surface area contributed by atoms with Gasteiger partial charge in [0.05, 0.1) is 11.7 Å². The van der Waals surface area contributed by atoms with Crippen LogP contribution in [0.2, 0.25) is 0 Å². The molecule has 33 heavy (non-hydrogen) atoms. The summed E-state index contributed by atoms with van der Waals surface area (Å²) in [5.74, 6) is 1.78. The molecule has 2 aromatic carbocycles. The number of hydrogen-bond acceptors (Lipinski definition) is 5. The Bertz CT molecular complexity index is 1330. The van der Waals surface area contributed by atoms with Crippen LogP contribution in [0.5, 0.6) is 11.5 Å². The highest BCUT2D eigenvalue weighted by Gasteiger charge is 2.21. The van der Waals surface area contributed by atoms with Crippen LogP contribution in [0.15, 0.2) is 65.6 Å². The topological polar surface area (TPSA) is 91.0 Å². The van der Waals surface area contributed by atoms with Crippen molar-refractivity contribution in [2.24, 2.45) is 0 Å². The minimum absolute atomic E-state index is 0.142. The molecule has 0 fully saturated rings. The fourth-order valence-corrected chi connectivity index (χ4v) is 3.53.